The third kappa shape index (κ3) is 4.88. The summed E-state index contributed by atoms with van der Waals surface area (Å²) in [5, 5.41) is 0. The molecule has 2 rings (SSSR count). The summed E-state index contributed by atoms with van der Waals surface area (Å²) in [4.78, 5) is 14.5. The van der Waals surface area contributed by atoms with Crippen LogP contribution in [0.15, 0.2) is 18.2 Å². The number of carbonyl (C=O) groups excluding carboxylic acids is 1. The molecule has 1 aliphatic rings. The Kier molecular flexibility index (Phi) is 6.75. The molecule has 0 unspecified atom stereocenters. The number of carbonyl (C=O) groups is 1. The number of fused-ring (bicyclic) bond motifs is 1. The molecule has 23 heavy (non-hydrogen) atoms. The zero-order valence-corrected chi connectivity index (χ0v) is 14.6. The van der Waals surface area contributed by atoms with Gasteiger partial charge in [0, 0.05) is 19.5 Å². The minimum Gasteiger partial charge on any atom is -0.486 e. The molecule has 0 spiro atoms. The maximum absolute atomic E-state index is 12.5. The van der Waals surface area contributed by atoms with Gasteiger partial charge in [0.15, 0.2) is 11.5 Å². The van der Waals surface area contributed by atoms with Crippen LogP contribution in [0.2, 0.25) is 0 Å². The van der Waals surface area contributed by atoms with Crippen LogP contribution in [0.5, 0.6) is 11.5 Å². The molecule has 1 aliphatic heterocycles. The summed E-state index contributed by atoms with van der Waals surface area (Å²) < 4.78 is 11.1. The minimum absolute atomic E-state index is 0.245. The first-order chi connectivity index (χ1) is 11.2. The number of rotatable bonds is 8. The van der Waals surface area contributed by atoms with Crippen molar-refractivity contribution in [2.24, 2.45) is 5.92 Å². The first-order valence-corrected chi connectivity index (χ1v) is 8.84. The van der Waals surface area contributed by atoms with E-state index in [4.69, 9.17) is 9.47 Å². The first-order valence-electron chi connectivity index (χ1n) is 8.84. The van der Waals surface area contributed by atoms with Gasteiger partial charge in [-0.3, -0.25) is 4.79 Å². The summed E-state index contributed by atoms with van der Waals surface area (Å²) in [5.41, 5.74) is 1.13. The number of hydrogen-bond acceptors (Lipinski definition) is 3. The van der Waals surface area contributed by atoms with E-state index in [1.807, 2.05) is 23.1 Å². The van der Waals surface area contributed by atoms with Gasteiger partial charge in [-0.2, -0.15) is 0 Å². The fraction of sp³-hybridized carbons (Fsp3) is 0.632. The highest BCUT2D eigenvalue weighted by atomic mass is 16.6. The van der Waals surface area contributed by atoms with Crippen molar-refractivity contribution >= 4 is 5.91 Å². The zero-order chi connectivity index (χ0) is 16.7. The Bertz CT molecular complexity index is 511. The molecule has 4 nitrogen and oxygen atoms in total. The number of hydrogen-bond donors (Lipinski definition) is 0. The number of benzene rings is 1. The molecule has 1 heterocycles. The van der Waals surface area contributed by atoms with Gasteiger partial charge in [0.2, 0.25) is 5.91 Å². The van der Waals surface area contributed by atoms with E-state index < -0.39 is 0 Å². The van der Waals surface area contributed by atoms with Crippen molar-refractivity contribution in [3.8, 4) is 11.5 Å². The molecule has 1 amide bonds. The Hall–Kier alpha value is -1.71. The summed E-state index contributed by atoms with van der Waals surface area (Å²) in [6, 6.07) is 5.97. The lowest BCUT2D eigenvalue weighted by Crippen LogP contribution is -2.35. The van der Waals surface area contributed by atoms with E-state index in [1.54, 1.807) is 0 Å². The van der Waals surface area contributed by atoms with Crippen molar-refractivity contribution in [1.82, 2.24) is 4.90 Å². The van der Waals surface area contributed by atoms with Crippen molar-refractivity contribution in [1.29, 1.82) is 0 Å². The van der Waals surface area contributed by atoms with Crippen LogP contribution in [-0.2, 0) is 11.2 Å². The average Bonchev–Trinajstić information content (AvgIpc) is 2.60. The van der Waals surface area contributed by atoms with Crippen LogP contribution < -0.4 is 9.47 Å². The molecule has 0 aliphatic carbocycles. The third-order valence-electron chi connectivity index (χ3n) is 4.60. The molecule has 0 N–H and O–H groups in total. The van der Waals surface area contributed by atoms with Crippen LogP contribution in [0.3, 0.4) is 0 Å². The molecule has 0 aromatic heterocycles. The van der Waals surface area contributed by atoms with E-state index in [-0.39, 0.29) is 5.91 Å². The largest absolute Gasteiger partial charge is 0.486 e. The zero-order valence-electron chi connectivity index (χ0n) is 14.6. The van der Waals surface area contributed by atoms with Crippen LogP contribution in [-0.4, -0.2) is 37.1 Å². The van der Waals surface area contributed by atoms with Crippen LogP contribution in [0.25, 0.3) is 0 Å². The molecular weight excluding hydrogens is 290 g/mol. The molecule has 0 radical (unpaired) electrons. The number of aryl methyl sites for hydroxylation is 1. The standard InChI is InChI=1S/C19H29NO3/c1-4-15(5-2)14-20(6-3)19(21)10-8-16-7-9-17-18(13-16)23-12-11-22-17/h7,9,13,15H,4-6,8,10-12,14H2,1-3H3. The maximum atomic E-state index is 12.5. The summed E-state index contributed by atoms with van der Waals surface area (Å²) in [7, 11) is 0. The van der Waals surface area contributed by atoms with Crippen molar-refractivity contribution in [3.05, 3.63) is 23.8 Å². The maximum Gasteiger partial charge on any atom is 0.222 e. The quantitative estimate of drug-likeness (QED) is 0.734. The van der Waals surface area contributed by atoms with E-state index >= 15 is 0 Å². The van der Waals surface area contributed by atoms with Crippen LogP contribution in [0, 0.1) is 5.92 Å². The van der Waals surface area contributed by atoms with Gasteiger partial charge >= 0.3 is 0 Å². The SMILES string of the molecule is CCC(CC)CN(CC)C(=O)CCc1ccc2c(c1)OCCO2. The second-order valence-corrected chi connectivity index (χ2v) is 6.09. The number of amides is 1. The molecule has 1 aromatic carbocycles. The van der Waals surface area contributed by atoms with Crippen LogP contribution in [0.4, 0.5) is 0 Å². The van der Waals surface area contributed by atoms with Crippen LogP contribution >= 0.6 is 0 Å². The van der Waals surface area contributed by atoms with E-state index in [0.29, 0.717) is 25.6 Å². The van der Waals surface area contributed by atoms with Crippen molar-refractivity contribution in [2.75, 3.05) is 26.3 Å². The van der Waals surface area contributed by atoms with E-state index in [0.717, 1.165) is 49.4 Å². The summed E-state index contributed by atoms with van der Waals surface area (Å²) in [6.07, 6.45) is 3.55. The van der Waals surface area contributed by atoms with Gasteiger partial charge in [-0.25, -0.2) is 0 Å². The number of nitrogens with zero attached hydrogens (tertiary/aromatic N) is 1. The van der Waals surface area contributed by atoms with Gasteiger partial charge in [0.05, 0.1) is 0 Å². The van der Waals surface area contributed by atoms with Gasteiger partial charge in [0.25, 0.3) is 0 Å². The molecule has 0 bridgehead atoms. The lowest BCUT2D eigenvalue weighted by Gasteiger charge is -2.25. The first kappa shape index (κ1) is 17.6. The summed E-state index contributed by atoms with van der Waals surface area (Å²) >= 11 is 0. The van der Waals surface area contributed by atoms with E-state index in [2.05, 4.69) is 20.8 Å². The Balaban J connectivity index is 1.89. The smallest absolute Gasteiger partial charge is 0.222 e. The fourth-order valence-electron chi connectivity index (χ4n) is 2.92. The second kappa shape index (κ2) is 8.80. The van der Waals surface area contributed by atoms with Gasteiger partial charge in [0.1, 0.15) is 13.2 Å². The molecule has 4 heteroatoms. The third-order valence-corrected chi connectivity index (χ3v) is 4.60. The predicted molar refractivity (Wildman–Crippen MR) is 92.1 cm³/mol. The highest BCUT2D eigenvalue weighted by molar-refractivity contribution is 5.76. The van der Waals surface area contributed by atoms with Crippen molar-refractivity contribution in [2.45, 2.75) is 46.5 Å². The molecule has 128 valence electrons. The minimum atomic E-state index is 0.245. The Labute approximate surface area is 139 Å². The molecule has 0 saturated heterocycles. The molecular formula is C19H29NO3. The summed E-state index contributed by atoms with van der Waals surface area (Å²) in [5.74, 6) is 2.45. The van der Waals surface area contributed by atoms with Gasteiger partial charge in [-0.1, -0.05) is 32.8 Å². The van der Waals surface area contributed by atoms with E-state index in [1.165, 1.54) is 0 Å². The molecule has 0 atom stereocenters. The monoisotopic (exact) mass is 319 g/mol. The lowest BCUT2D eigenvalue weighted by molar-refractivity contribution is -0.131. The fourth-order valence-corrected chi connectivity index (χ4v) is 2.92. The highest BCUT2D eigenvalue weighted by Gasteiger charge is 2.16. The number of ether oxygens (including phenoxy) is 2. The lowest BCUT2D eigenvalue weighted by atomic mass is 10.0. The Morgan fingerprint density at radius 3 is 2.48 bits per heavy atom. The second-order valence-electron chi connectivity index (χ2n) is 6.09. The Morgan fingerprint density at radius 2 is 1.83 bits per heavy atom. The summed E-state index contributed by atoms with van der Waals surface area (Å²) in [6.45, 7) is 9.31. The van der Waals surface area contributed by atoms with Crippen LogP contribution in [0.1, 0.15) is 45.6 Å². The van der Waals surface area contributed by atoms with Gasteiger partial charge in [-0.15, -0.1) is 0 Å². The predicted octanol–water partition coefficient (Wildman–Crippen LogP) is 3.68. The normalized spacial score (nSPS) is 13.2. The highest BCUT2D eigenvalue weighted by Crippen LogP contribution is 2.31. The molecule has 1 aromatic rings. The van der Waals surface area contributed by atoms with Gasteiger partial charge < -0.3 is 14.4 Å². The average molecular weight is 319 g/mol. The molecule has 0 fully saturated rings. The van der Waals surface area contributed by atoms with Gasteiger partial charge in [-0.05, 0) is 37.0 Å². The van der Waals surface area contributed by atoms with Crippen molar-refractivity contribution < 1.29 is 14.3 Å². The molecule has 0 saturated carbocycles. The van der Waals surface area contributed by atoms with E-state index in [9.17, 15) is 4.79 Å². The van der Waals surface area contributed by atoms with Crippen molar-refractivity contribution in [3.63, 3.8) is 0 Å². The Morgan fingerprint density at radius 1 is 1.13 bits per heavy atom. The topological polar surface area (TPSA) is 38.8 Å².